The predicted molar refractivity (Wildman–Crippen MR) is 96.4 cm³/mol. The number of benzene rings is 2. The minimum absolute atomic E-state index is 0.140. The third kappa shape index (κ3) is 4.67. The zero-order valence-corrected chi connectivity index (χ0v) is 14.1. The normalized spacial score (nSPS) is 24.2. The quantitative estimate of drug-likeness (QED) is 0.857. The van der Waals surface area contributed by atoms with Crippen LogP contribution < -0.4 is 0 Å². The molecule has 0 radical (unpaired) electrons. The monoisotopic (exact) mass is 325 g/mol. The molecule has 3 heteroatoms. The van der Waals surface area contributed by atoms with Gasteiger partial charge in [0.25, 0.3) is 0 Å². The van der Waals surface area contributed by atoms with E-state index in [0.717, 1.165) is 38.9 Å². The highest BCUT2D eigenvalue weighted by Gasteiger charge is 2.31. The van der Waals surface area contributed by atoms with Gasteiger partial charge in [-0.1, -0.05) is 67.1 Å². The Bertz CT molecular complexity index is 560. The Morgan fingerprint density at radius 2 is 1.33 bits per heavy atom. The molecule has 0 unspecified atom stereocenters. The van der Waals surface area contributed by atoms with E-state index in [4.69, 9.17) is 0 Å². The second-order valence-electron chi connectivity index (χ2n) is 6.89. The van der Waals surface area contributed by atoms with E-state index in [2.05, 4.69) is 53.4 Å². The van der Waals surface area contributed by atoms with Crippen LogP contribution in [0.4, 0.5) is 0 Å². The lowest BCUT2D eigenvalue weighted by Gasteiger charge is -2.35. The van der Waals surface area contributed by atoms with Crippen LogP contribution in [0.25, 0.3) is 0 Å². The van der Waals surface area contributed by atoms with E-state index < -0.39 is 12.2 Å². The van der Waals surface area contributed by atoms with Crippen LogP contribution in [-0.2, 0) is 13.1 Å². The smallest absolute Gasteiger partial charge is 0.0839 e. The maximum atomic E-state index is 10.3. The molecule has 0 aromatic heterocycles. The lowest BCUT2D eigenvalue weighted by atomic mass is 9.84. The van der Waals surface area contributed by atoms with Gasteiger partial charge in [0.05, 0.1) is 12.2 Å². The summed E-state index contributed by atoms with van der Waals surface area (Å²) in [6.07, 6.45) is 1.52. The van der Waals surface area contributed by atoms with Gasteiger partial charge in [0.15, 0.2) is 0 Å². The Labute approximate surface area is 144 Å². The summed E-state index contributed by atoms with van der Waals surface area (Å²) >= 11 is 0. The van der Waals surface area contributed by atoms with Crippen molar-refractivity contribution in [1.29, 1.82) is 0 Å². The van der Waals surface area contributed by atoms with Gasteiger partial charge in [0, 0.05) is 25.6 Å². The molecule has 2 N–H and O–H groups in total. The van der Waals surface area contributed by atoms with Crippen molar-refractivity contribution in [2.45, 2.75) is 44.6 Å². The van der Waals surface area contributed by atoms with Gasteiger partial charge in [0.1, 0.15) is 0 Å². The fourth-order valence-electron chi connectivity index (χ4n) is 3.64. The molecule has 0 bridgehead atoms. The predicted octanol–water partition coefficient (Wildman–Crippen LogP) is 3.21. The van der Waals surface area contributed by atoms with Crippen molar-refractivity contribution >= 4 is 0 Å². The first-order valence-corrected chi connectivity index (χ1v) is 8.88. The highest BCUT2D eigenvalue weighted by atomic mass is 16.3. The van der Waals surface area contributed by atoms with E-state index in [9.17, 15) is 10.2 Å². The molecule has 2 aromatic rings. The summed E-state index contributed by atoms with van der Waals surface area (Å²) in [5, 5.41) is 20.3. The Morgan fingerprint density at radius 1 is 0.792 bits per heavy atom. The molecule has 3 atom stereocenters. The molecular weight excluding hydrogens is 298 g/mol. The van der Waals surface area contributed by atoms with Crippen LogP contribution in [-0.4, -0.2) is 33.9 Å². The summed E-state index contributed by atoms with van der Waals surface area (Å²) in [6, 6.07) is 20.9. The first-order chi connectivity index (χ1) is 11.7. The standard InChI is InChI=1S/C21H27NO2/c23-20-13-7-12-19(21(20)24)16-22(14-17-8-3-1-4-9-17)15-18-10-5-2-6-11-18/h1-6,8-11,19-21,23-24H,7,12-16H2/t19-,20-,21-/m0/s1. The molecule has 0 aliphatic heterocycles. The topological polar surface area (TPSA) is 43.7 Å². The average molecular weight is 325 g/mol. The van der Waals surface area contributed by atoms with Crippen LogP contribution in [0, 0.1) is 5.92 Å². The van der Waals surface area contributed by atoms with E-state index in [0.29, 0.717) is 0 Å². The molecule has 0 heterocycles. The van der Waals surface area contributed by atoms with Crippen LogP contribution in [0.3, 0.4) is 0 Å². The van der Waals surface area contributed by atoms with Crippen molar-refractivity contribution < 1.29 is 10.2 Å². The molecule has 3 rings (SSSR count). The van der Waals surface area contributed by atoms with E-state index in [1.54, 1.807) is 0 Å². The van der Waals surface area contributed by atoms with Gasteiger partial charge in [-0.15, -0.1) is 0 Å². The first kappa shape index (κ1) is 17.2. The SMILES string of the molecule is O[C@H]1[C@H](CN(Cc2ccccc2)Cc2ccccc2)CCC[C@@H]1O. The maximum absolute atomic E-state index is 10.3. The van der Waals surface area contributed by atoms with Gasteiger partial charge in [-0.05, 0) is 24.0 Å². The van der Waals surface area contributed by atoms with Gasteiger partial charge >= 0.3 is 0 Å². The average Bonchev–Trinajstić information content (AvgIpc) is 2.61. The zero-order chi connectivity index (χ0) is 16.8. The Balaban J connectivity index is 1.71. The second kappa shape index (κ2) is 8.43. The minimum Gasteiger partial charge on any atom is -0.390 e. The van der Waals surface area contributed by atoms with E-state index in [1.165, 1.54) is 11.1 Å². The van der Waals surface area contributed by atoms with E-state index in [1.807, 2.05) is 12.1 Å². The molecule has 0 amide bonds. The van der Waals surface area contributed by atoms with Gasteiger partial charge in [-0.3, -0.25) is 4.90 Å². The summed E-state index contributed by atoms with van der Waals surface area (Å²) in [7, 11) is 0. The fraction of sp³-hybridized carbons (Fsp3) is 0.429. The van der Waals surface area contributed by atoms with Crippen LogP contribution >= 0.6 is 0 Å². The van der Waals surface area contributed by atoms with Crippen molar-refractivity contribution in [1.82, 2.24) is 4.90 Å². The molecule has 1 aliphatic carbocycles. The molecule has 24 heavy (non-hydrogen) atoms. The van der Waals surface area contributed by atoms with Crippen LogP contribution in [0.15, 0.2) is 60.7 Å². The molecule has 1 saturated carbocycles. The number of aliphatic hydroxyl groups is 2. The zero-order valence-electron chi connectivity index (χ0n) is 14.1. The number of hydrogen-bond acceptors (Lipinski definition) is 3. The number of aliphatic hydroxyl groups excluding tert-OH is 2. The van der Waals surface area contributed by atoms with Crippen molar-refractivity contribution in [3.8, 4) is 0 Å². The van der Waals surface area contributed by atoms with Gasteiger partial charge in [0.2, 0.25) is 0 Å². The van der Waals surface area contributed by atoms with Crippen molar-refractivity contribution in [2.75, 3.05) is 6.54 Å². The van der Waals surface area contributed by atoms with Crippen molar-refractivity contribution in [2.24, 2.45) is 5.92 Å². The summed E-state index contributed by atoms with van der Waals surface area (Å²) in [5.74, 6) is 0.140. The largest absolute Gasteiger partial charge is 0.390 e. The van der Waals surface area contributed by atoms with Crippen molar-refractivity contribution in [3.05, 3.63) is 71.8 Å². The number of nitrogens with zero attached hydrogens (tertiary/aromatic N) is 1. The van der Waals surface area contributed by atoms with E-state index >= 15 is 0 Å². The number of rotatable bonds is 6. The van der Waals surface area contributed by atoms with Crippen molar-refractivity contribution in [3.63, 3.8) is 0 Å². The summed E-state index contributed by atoms with van der Waals surface area (Å²) in [5.41, 5.74) is 2.55. The fourth-order valence-corrected chi connectivity index (χ4v) is 3.64. The highest BCUT2D eigenvalue weighted by Crippen LogP contribution is 2.26. The van der Waals surface area contributed by atoms with E-state index in [-0.39, 0.29) is 5.92 Å². The van der Waals surface area contributed by atoms with Crippen LogP contribution in [0.5, 0.6) is 0 Å². The third-order valence-electron chi connectivity index (χ3n) is 4.94. The molecule has 0 saturated heterocycles. The second-order valence-corrected chi connectivity index (χ2v) is 6.89. The van der Waals surface area contributed by atoms with Crippen LogP contribution in [0.2, 0.25) is 0 Å². The maximum Gasteiger partial charge on any atom is 0.0839 e. The molecular formula is C21H27NO2. The Hall–Kier alpha value is -1.68. The number of hydrogen-bond donors (Lipinski definition) is 2. The Morgan fingerprint density at radius 3 is 1.88 bits per heavy atom. The molecule has 1 fully saturated rings. The highest BCUT2D eigenvalue weighted by molar-refractivity contribution is 5.17. The summed E-state index contributed by atoms with van der Waals surface area (Å²) < 4.78 is 0. The molecule has 1 aliphatic rings. The molecule has 3 nitrogen and oxygen atoms in total. The molecule has 0 spiro atoms. The first-order valence-electron chi connectivity index (χ1n) is 8.88. The van der Waals surface area contributed by atoms with Gasteiger partial charge in [-0.2, -0.15) is 0 Å². The summed E-state index contributed by atoms with van der Waals surface area (Å²) in [6.45, 7) is 2.52. The third-order valence-corrected chi connectivity index (χ3v) is 4.94. The lowest BCUT2D eigenvalue weighted by Crippen LogP contribution is -2.43. The Kier molecular flexibility index (Phi) is 6.02. The molecule has 2 aromatic carbocycles. The lowest BCUT2D eigenvalue weighted by molar-refractivity contribution is -0.0542. The van der Waals surface area contributed by atoms with Crippen LogP contribution in [0.1, 0.15) is 30.4 Å². The molecule has 128 valence electrons. The minimum atomic E-state index is -0.604. The van der Waals surface area contributed by atoms with Gasteiger partial charge in [-0.25, -0.2) is 0 Å². The summed E-state index contributed by atoms with van der Waals surface area (Å²) in [4.78, 5) is 2.39. The van der Waals surface area contributed by atoms with Gasteiger partial charge < -0.3 is 10.2 Å².